The summed E-state index contributed by atoms with van der Waals surface area (Å²) in [5.74, 6) is -0.469. The molecule has 32 heavy (non-hydrogen) atoms. The van der Waals surface area contributed by atoms with Gasteiger partial charge < -0.3 is 10.3 Å². The standard InChI is InChI=1S/C27H17ClN3O/c28-21-11-8-19(9-12-21)20-10-13-22-25(14-20)31(16-18-6-4-17(15-29)5-7-18)24-3-1-2-23(26(22)24)27(30)32/h1-12,14H,16H2,(H2,30,32). The number of primary amides is 1. The lowest BCUT2D eigenvalue weighted by Crippen LogP contribution is -2.11. The van der Waals surface area contributed by atoms with Crippen molar-refractivity contribution in [3.63, 3.8) is 0 Å². The normalized spacial score (nSPS) is 11.0. The van der Waals surface area contributed by atoms with Crippen molar-refractivity contribution in [2.24, 2.45) is 5.73 Å². The number of hydrogen-bond acceptors (Lipinski definition) is 2. The molecule has 153 valence electrons. The molecule has 0 aliphatic carbocycles. The zero-order valence-corrected chi connectivity index (χ0v) is 17.7. The summed E-state index contributed by atoms with van der Waals surface area (Å²) in [6.45, 7) is 0.575. The number of carbonyl (C=O) groups excluding carboxylic acids is 1. The van der Waals surface area contributed by atoms with Crippen LogP contribution >= 0.6 is 11.6 Å². The fourth-order valence-corrected chi connectivity index (χ4v) is 4.23. The average molecular weight is 435 g/mol. The molecule has 0 spiro atoms. The van der Waals surface area contributed by atoms with Crippen molar-refractivity contribution >= 4 is 39.3 Å². The van der Waals surface area contributed by atoms with E-state index in [4.69, 9.17) is 22.6 Å². The average Bonchev–Trinajstić information content (AvgIpc) is 3.13. The van der Waals surface area contributed by atoms with Gasteiger partial charge in [-0.05, 0) is 71.3 Å². The maximum absolute atomic E-state index is 12.2. The minimum Gasteiger partial charge on any atom is -0.366 e. The van der Waals surface area contributed by atoms with Crippen molar-refractivity contribution < 1.29 is 4.79 Å². The van der Waals surface area contributed by atoms with Crippen molar-refractivity contribution in [2.75, 3.05) is 0 Å². The van der Waals surface area contributed by atoms with E-state index in [2.05, 4.69) is 22.8 Å². The predicted octanol–water partition coefficient (Wildman–Crippen LogP) is 5.93. The quantitative estimate of drug-likeness (QED) is 0.380. The molecule has 1 heterocycles. The number of nitrogens with two attached hydrogens (primary N) is 1. The largest absolute Gasteiger partial charge is 0.366 e. The van der Waals surface area contributed by atoms with E-state index in [-0.39, 0.29) is 0 Å². The number of hydrogen-bond donors (Lipinski definition) is 1. The Labute approximate surface area is 190 Å². The third-order valence-electron chi connectivity index (χ3n) is 5.66. The summed E-state index contributed by atoms with van der Waals surface area (Å²) < 4.78 is 2.16. The van der Waals surface area contributed by atoms with Gasteiger partial charge in [-0.15, -0.1) is 0 Å². The summed E-state index contributed by atoms with van der Waals surface area (Å²) in [4.78, 5) is 12.2. The Morgan fingerprint density at radius 1 is 1.00 bits per heavy atom. The molecule has 4 aromatic carbocycles. The van der Waals surface area contributed by atoms with Gasteiger partial charge in [0.15, 0.2) is 0 Å². The Hall–Kier alpha value is -4.07. The van der Waals surface area contributed by atoms with Crippen LogP contribution in [0.25, 0.3) is 32.9 Å². The van der Waals surface area contributed by atoms with Crippen LogP contribution < -0.4 is 5.73 Å². The van der Waals surface area contributed by atoms with Crippen LogP contribution in [-0.2, 0) is 6.54 Å². The minimum atomic E-state index is -0.469. The van der Waals surface area contributed by atoms with Crippen molar-refractivity contribution in [1.29, 1.82) is 5.26 Å². The van der Waals surface area contributed by atoms with Crippen molar-refractivity contribution in [2.45, 2.75) is 6.54 Å². The first kappa shape index (κ1) is 19.9. The fraction of sp³-hybridized carbons (Fsp3) is 0.0370. The Bertz CT molecular complexity index is 1520. The smallest absolute Gasteiger partial charge is 0.249 e. The lowest BCUT2D eigenvalue weighted by atomic mass is 10.0. The zero-order chi connectivity index (χ0) is 22.2. The zero-order valence-electron chi connectivity index (χ0n) is 17.0. The van der Waals surface area contributed by atoms with Gasteiger partial charge in [0.1, 0.15) is 0 Å². The van der Waals surface area contributed by atoms with Crippen LogP contribution in [0.3, 0.4) is 0 Å². The number of halogens is 1. The molecule has 2 N–H and O–H groups in total. The molecule has 1 amide bonds. The lowest BCUT2D eigenvalue weighted by Gasteiger charge is -2.09. The number of aromatic nitrogens is 1. The summed E-state index contributed by atoms with van der Waals surface area (Å²) in [6, 6.07) is 30.3. The molecule has 0 fully saturated rings. The number of nitrogens with zero attached hydrogens (tertiary/aromatic N) is 2. The van der Waals surface area contributed by atoms with E-state index in [0.717, 1.165) is 38.5 Å². The van der Waals surface area contributed by atoms with Gasteiger partial charge in [-0.1, -0.05) is 41.9 Å². The molecule has 1 aromatic heterocycles. The van der Waals surface area contributed by atoms with Crippen LogP contribution in [-0.4, -0.2) is 10.5 Å². The molecular weight excluding hydrogens is 418 g/mol. The maximum Gasteiger partial charge on any atom is 0.249 e. The van der Waals surface area contributed by atoms with E-state index in [0.29, 0.717) is 22.7 Å². The van der Waals surface area contributed by atoms with Crippen molar-refractivity contribution in [1.82, 2.24) is 4.57 Å². The molecule has 5 rings (SSSR count). The van der Waals surface area contributed by atoms with Crippen LogP contribution in [0.4, 0.5) is 0 Å². The van der Waals surface area contributed by atoms with E-state index in [1.54, 1.807) is 6.07 Å². The molecule has 0 atom stereocenters. The van der Waals surface area contributed by atoms with Gasteiger partial charge in [0.2, 0.25) is 5.91 Å². The third kappa shape index (κ3) is 3.39. The highest BCUT2D eigenvalue weighted by molar-refractivity contribution is 6.30. The summed E-state index contributed by atoms with van der Waals surface area (Å²) in [5.41, 5.74) is 11.7. The van der Waals surface area contributed by atoms with Gasteiger partial charge in [-0.3, -0.25) is 4.79 Å². The number of benzene rings is 4. The third-order valence-corrected chi connectivity index (χ3v) is 5.91. The fourth-order valence-electron chi connectivity index (χ4n) is 4.11. The van der Waals surface area contributed by atoms with Gasteiger partial charge in [-0.25, -0.2) is 0 Å². The van der Waals surface area contributed by atoms with Crippen LogP contribution in [0.2, 0.25) is 5.02 Å². The van der Waals surface area contributed by atoms with Gasteiger partial charge in [0.25, 0.3) is 0 Å². The Morgan fingerprint density at radius 3 is 2.44 bits per heavy atom. The molecule has 0 unspecified atom stereocenters. The summed E-state index contributed by atoms with van der Waals surface area (Å²) >= 11 is 6.06. The number of nitriles is 1. The molecule has 0 aliphatic heterocycles. The number of rotatable bonds is 4. The highest BCUT2D eigenvalue weighted by Crippen LogP contribution is 2.35. The highest BCUT2D eigenvalue weighted by atomic mass is 35.5. The van der Waals surface area contributed by atoms with E-state index < -0.39 is 5.91 Å². The first-order valence-electron chi connectivity index (χ1n) is 10.1. The first-order valence-corrected chi connectivity index (χ1v) is 10.4. The molecule has 4 nitrogen and oxygen atoms in total. The van der Waals surface area contributed by atoms with Crippen LogP contribution in [0.5, 0.6) is 0 Å². The Kier molecular flexibility index (Phi) is 4.89. The minimum absolute atomic E-state index is 0.469. The van der Waals surface area contributed by atoms with E-state index in [1.165, 1.54) is 0 Å². The second kappa shape index (κ2) is 7.88. The molecular formula is C27H17ClN3O. The second-order valence-corrected chi connectivity index (χ2v) is 8.05. The Morgan fingerprint density at radius 2 is 1.75 bits per heavy atom. The monoisotopic (exact) mass is 434 g/mol. The molecule has 5 heteroatoms. The van der Waals surface area contributed by atoms with Crippen LogP contribution in [0, 0.1) is 17.4 Å². The first-order chi connectivity index (χ1) is 15.5. The van der Waals surface area contributed by atoms with Crippen LogP contribution in [0.15, 0.2) is 78.9 Å². The van der Waals surface area contributed by atoms with Crippen molar-refractivity contribution in [3.05, 3.63) is 107 Å². The summed E-state index contributed by atoms with van der Waals surface area (Å²) in [5, 5.41) is 11.4. The molecule has 0 aliphatic rings. The van der Waals surface area contributed by atoms with Gasteiger partial charge >= 0.3 is 0 Å². The predicted molar refractivity (Wildman–Crippen MR) is 128 cm³/mol. The second-order valence-electron chi connectivity index (χ2n) is 7.61. The van der Waals surface area contributed by atoms with E-state index >= 15 is 0 Å². The molecule has 5 aromatic rings. The van der Waals surface area contributed by atoms with Gasteiger partial charge in [0.05, 0.1) is 22.7 Å². The number of fused-ring (bicyclic) bond motifs is 3. The molecule has 1 radical (unpaired) electrons. The molecule has 0 saturated carbocycles. The summed E-state index contributed by atoms with van der Waals surface area (Å²) in [7, 11) is 0. The topological polar surface area (TPSA) is 71.8 Å². The SMILES string of the molecule is N#Cc1ccc(Cn2c3cc(-c4ccc(Cl)cc4)c[c]c3c3c(C(N)=O)cccc32)cc1. The highest BCUT2D eigenvalue weighted by Gasteiger charge is 2.17. The van der Waals surface area contributed by atoms with E-state index in [9.17, 15) is 4.79 Å². The van der Waals surface area contributed by atoms with E-state index in [1.807, 2.05) is 66.7 Å². The number of amides is 1. The lowest BCUT2D eigenvalue weighted by molar-refractivity contribution is 0.100. The maximum atomic E-state index is 12.2. The van der Waals surface area contributed by atoms with Crippen molar-refractivity contribution in [3.8, 4) is 17.2 Å². The van der Waals surface area contributed by atoms with Gasteiger partial charge in [0, 0.05) is 27.9 Å². The molecule has 0 saturated heterocycles. The van der Waals surface area contributed by atoms with Gasteiger partial charge in [-0.2, -0.15) is 5.26 Å². The Balaban J connectivity index is 1.76. The summed E-state index contributed by atoms with van der Waals surface area (Å²) in [6.07, 6.45) is 0. The number of carbonyl (C=O) groups is 1. The van der Waals surface area contributed by atoms with Crippen LogP contribution in [0.1, 0.15) is 21.5 Å². The molecule has 0 bridgehead atoms.